The Morgan fingerprint density at radius 1 is 1.32 bits per heavy atom. The third kappa shape index (κ3) is 5.16. The molecule has 0 saturated carbocycles. The normalized spacial score (nSPS) is 17.3. The number of nitrogens with zero attached hydrogens (tertiary/aromatic N) is 2. The number of furan rings is 1. The Kier molecular flexibility index (Phi) is 6.25. The predicted octanol–water partition coefficient (Wildman–Crippen LogP) is 3.45. The summed E-state index contributed by atoms with van der Waals surface area (Å²) < 4.78 is 43.8. The molecule has 1 atom stereocenters. The predicted molar refractivity (Wildman–Crippen MR) is 104 cm³/mol. The van der Waals surface area contributed by atoms with Crippen LogP contribution in [-0.2, 0) is 16.6 Å². The van der Waals surface area contributed by atoms with E-state index >= 15 is 0 Å². The van der Waals surface area contributed by atoms with Crippen LogP contribution in [0.25, 0.3) is 0 Å². The summed E-state index contributed by atoms with van der Waals surface area (Å²) in [4.78, 5) is 24.6. The smallest absolute Gasteiger partial charge is 0.416 e. The van der Waals surface area contributed by atoms with Crippen LogP contribution < -0.4 is 10.2 Å². The van der Waals surface area contributed by atoms with Crippen molar-refractivity contribution in [2.75, 3.05) is 24.5 Å². The molecule has 1 amide bonds. The van der Waals surface area contributed by atoms with Crippen LogP contribution in [0, 0.1) is 16.0 Å². The first kappa shape index (κ1) is 22.6. The van der Waals surface area contributed by atoms with Crippen molar-refractivity contribution >= 4 is 17.3 Å². The van der Waals surface area contributed by atoms with E-state index in [-0.39, 0.29) is 37.1 Å². The van der Waals surface area contributed by atoms with Crippen molar-refractivity contribution in [1.29, 1.82) is 0 Å². The summed E-state index contributed by atoms with van der Waals surface area (Å²) in [5.74, 6) is -0.331. The van der Waals surface area contributed by atoms with Gasteiger partial charge in [0.05, 0.1) is 23.3 Å². The van der Waals surface area contributed by atoms with Crippen molar-refractivity contribution in [2.45, 2.75) is 31.5 Å². The number of amides is 1. The van der Waals surface area contributed by atoms with Crippen LogP contribution in [0.15, 0.2) is 41.0 Å². The number of carbonyl (C=O) groups is 1. The van der Waals surface area contributed by atoms with Crippen LogP contribution in [0.4, 0.5) is 24.5 Å². The number of piperidine rings is 1. The second kappa shape index (κ2) is 8.58. The minimum atomic E-state index is -4.68. The van der Waals surface area contributed by atoms with Crippen LogP contribution in [-0.4, -0.2) is 35.6 Å². The number of halogens is 3. The maximum Gasteiger partial charge on any atom is 0.416 e. The summed E-state index contributed by atoms with van der Waals surface area (Å²) >= 11 is 0. The Bertz CT molecular complexity index is 936. The molecule has 0 spiro atoms. The number of benzene rings is 1. The molecule has 2 heterocycles. The number of rotatable bonds is 6. The van der Waals surface area contributed by atoms with E-state index in [0.29, 0.717) is 24.7 Å². The zero-order chi connectivity index (χ0) is 22.8. The number of anilines is 1. The number of hydrogen-bond acceptors (Lipinski definition) is 6. The molecule has 1 fully saturated rings. The summed E-state index contributed by atoms with van der Waals surface area (Å²) in [5.41, 5.74) is -2.98. The minimum absolute atomic E-state index is 0.0516. The van der Waals surface area contributed by atoms with Crippen molar-refractivity contribution < 1.29 is 32.4 Å². The molecule has 1 saturated heterocycles. The molecule has 1 aromatic heterocycles. The standard InChI is InChI=1S/C20H22F3N3O5/c1-19(28,17-3-2-10-31-17)12-24-18(27)13-6-8-25(9-7-13)15-5-4-14(20(21,22)23)11-16(15)26(29)30/h2-5,10-11,13,28H,6-9,12H2,1H3,(H,24,27). The van der Waals surface area contributed by atoms with Crippen molar-refractivity contribution in [3.05, 3.63) is 58.0 Å². The van der Waals surface area contributed by atoms with E-state index in [0.717, 1.165) is 12.1 Å². The van der Waals surface area contributed by atoms with E-state index in [1.165, 1.54) is 13.2 Å². The highest BCUT2D eigenvalue weighted by Gasteiger charge is 2.35. The molecule has 0 aliphatic carbocycles. The molecule has 3 rings (SSSR count). The summed E-state index contributed by atoms with van der Waals surface area (Å²) in [6.45, 7) is 2.01. The Morgan fingerprint density at radius 3 is 2.55 bits per heavy atom. The molecule has 11 heteroatoms. The second-order valence-corrected chi connectivity index (χ2v) is 7.69. The lowest BCUT2D eigenvalue weighted by molar-refractivity contribution is -0.384. The van der Waals surface area contributed by atoms with Gasteiger partial charge in [0.15, 0.2) is 0 Å². The Labute approximate surface area is 175 Å². The summed E-state index contributed by atoms with van der Waals surface area (Å²) in [6, 6.07) is 5.67. The zero-order valence-electron chi connectivity index (χ0n) is 16.7. The molecule has 1 unspecified atom stereocenters. The molecule has 2 N–H and O–H groups in total. The number of nitro benzene ring substituents is 1. The molecular formula is C20H22F3N3O5. The molecule has 168 valence electrons. The number of aliphatic hydroxyl groups is 1. The fourth-order valence-corrected chi connectivity index (χ4v) is 3.57. The van der Waals surface area contributed by atoms with Gasteiger partial charge in [-0.05, 0) is 44.0 Å². The fourth-order valence-electron chi connectivity index (χ4n) is 3.57. The molecule has 2 aromatic rings. The van der Waals surface area contributed by atoms with Gasteiger partial charge in [0.1, 0.15) is 17.0 Å². The first-order valence-corrected chi connectivity index (χ1v) is 9.63. The molecule has 1 aliphatic rings. The summed E-state index contributed by atoms with van der Waals surface area (Å²) in [7, 11) is 0. The van der Waals surface area contributed by atoms with Crippen LogP contribution in [0.2, 0.25) is 0 Å². The molecule has 31 heavy (non-hydrogen) atoms. The lowest BCUT2D eigenvalue weighted by atomic mass is 9.94. The van der Waals surface area contributed by atoms with Crippen LogP contribution >= 0.6 is 0 Å². The monoisotopic (exact) mass is 441 g/mol. The molecule has 0 radical (unpaired) electrons. The van der Waals surface area contributed by atoms with Gasteiger partial charge in [-0.25, -0.2) is 0 Å². The zero-order valence-corrected chi connectivity index (χ0v) is 16.7. The lowest BCUT2D eigenvalue weighted by Crippen LogP contribution is -2.44. The van der Waals surface area contributed by atoms with E-state index in [4.69, 9.17) is 4.42 Å². The van der Waals surface area contributed by atoms with Crippen LogP contribution in [0.1, 0.15) is 31.1 Å². The quantitative estimate of drug-likeness (QED) is 0.525. The average molecular weight is 441 g/mol. The number of alkyl halides is 3. The maximum absolute atomic E-state index is 12.9. The molecule has 8 nitrogen and oxygen atoms in total. The first-order chi connectivity index (χ1) is 14.5. The van der Waals surface area contributed by atoms with Crippen LogP contribution in [0.5, 0.6) is 0 Å². The maximum atomic E-state index is 12.9. The highest BCUT2D eigenvalue weighted by Crippen LogP contribution is 2.37. The Balaban J connectivity index is 1.61. The minimum Gasteiger partial charge on any atom is -0.466 e. The van der Waals surface area contributed by atoms with Gasteiger partial charge in [-0.3, -0.25) is 14.9 Å². The van der Waals surface area contributed by atoms with Gasteiger partial charge in [0.2, 0.25) is 5.91 Å². The van der Waals surface area contributed by atoms with Gasteiger partial charge in [-0.1, -0.05) is 0 Å². The highest BCUT2D eigenvalue weighted by molar-refractivity contribution is 5.79. The van der Waals surface area contributed by atoms with Crippen molar-refractivity contribution in [3.8, 4) is 0 Å². The van der Waals surface area contributed by atoms with Gasteiger partial charge in [-0.2, -0.15) is 13.2 Å². The molecule has 0 bridgehead atoms. The SMILES string of the molecule is CC(O)(CNC(=O)C1CCN(c2ccc(C(F)(F)F)cc2[N+](=O)[O-])CC1)c1ccco1. The van der Waals surface area contributed by atoms with Gasteiger partial charge in [0.25, 0.3) is 5.69 Å². The Morgan fingerprint density at radius 2 is 2.00 bits per heavy atom. The third-order valence-corrected chi connectivity index (χ3v) is 5.36. The number of carbonyl (C=O) groups excluding carboxylic acids is 1. The van der Waals surface area contributed by atoms with Gasteiger partial charge in [-0.15, -0.1) is 0 Å². The van der Waals surface area contributed by atoms with Crippen molar-refractivity contribution in [2.24, 2.45) is 5.92 Å². The van der Waals surface area contributed by atoms with Gasteiger partial charge >= 0.3 is 6.18 Å². The van der Waals surface area contributed by atoms with Crippen molar-refractivity contribution in [3.63, 3.8) is 0 Å². The third-order valence-electron chi connectivity index (χ3n) is 5.36. The van der Waals surface area contributed by atoms with E-state index in [1.54, 1.807) is 17.0 Å². The van der Waals surface area contributed by atoms with Crippen molar-refractivity contribution in [1.82, 2.24) is 5.32 Å². The fraction of sp³-hybridized carbons (Fsp3) is 0.450. The average Bonchev–Trinajstić information content (AvgIpc) is 3.27. The topological polar surface area (TPSA) is 109 Å². The lowest BCUT2D eigenvalue weighted by Gasteiger charge is -2.33. The number of nitro groups is 1. The molecule has 1 aliphatic heterocycles. The van der Waals surface area contributed by atoms with E-state index in [2.05, 4.69) is 5.32 Å². The van der Waals surface area contributed by atoms with Gasteiger partial charge in [0, 0.05) is 25.1 Å². The number of nitrogens with one attached hydrogen (secondary N) is 1. The van der Waals surface area contributed by atoms with Crippen LogP contribution in [0.3, 0.4) is 0 Å². The highest BCUT2D eigenvalue weighted by atomic mass is 19.4. The van der Waals surface area contributed by atoms with E-state index < -0.39 is 28.0 Å². The second-order valence-electron chi connectivity index (χ2n) is 7.69. The van der Waals surface area contributed by atoms with E-state index in [9.17, 15) is 33.2 Å². The largest absolute Gasteiger partial charge is 0.466 e. The summed E-state index contributed by atoms with van der Waals surface area (Å²) in [5, 5.41) is 24.4. The summed E-state index contributed by atoms with van der Waals surface area (Å²) in [6.07, 6.45) is -2.52. The van der Waals surface area contributed by atoms with E-state index in [1.807, 2.05) is 0 Å². The molecular weight excluding hydrogens is 419 g/mol. The van der Waals surface area contributed by atoms with Gasteiger partial charge < -0.3 is 19.7 Å². The molecule has 1 aromatic carbocycles. The Hall–Kier alpha value is -3.08. The first-order valence-electron chi connectivity index (χ1n) is 9.63. The number of hydrogen-bond donors (Lipinski definition) is 2.